The van der Waals surface area contributed by atoms with Crippen LogP contribution in [-0.2, 0) is 22.6 Å². The Balaban J connectivity index is 1.66. The van der Waals surface area contributed by atoms with Gasteiger partial charge in [-0.15, -0.1) is 0 Å². The average molecular weight is 368 g/mol. The third-order valence-corrected chi connectivity index (χ3v) is 4.29. The molecule has 0 unspecified atom stereocenters. The molecule has 0 amide bonds. The van der Waals surface area contributed by atoms with Gasteiger partial charge in [0.2, 0.25) is 0 Å². The minimum absolute atomic E-state index is 0.0299. The van der Waals surface area contributed by atoms with Gasteiger partial charge in [0.1, 0.15) is 23.7 Å². The summed E-state index contributed by atoms with van der Waals surface area (Å²) >= 11 is 0. The fourth-order valence-corrected chi connectivity index (χ4v) is 2.70. The second kappa shape index (κ2) is 7.95. The van der Waals surface area contributed by atoms with Gasteiger partial charge in [0.15, 0.2) is 6.61 Å². The van der Waals surface area contributed by atoms with E-state index in [0.717, 1.165) is 6.42 Å². The van der Waals surface area contributed by atoms with Crippen molar-refractivity contribution in [3.63, 3.8) is 0 Å². The molecule has 0 spiro atoms. The first-order chi connectivity index (χ1) is 13.0. The standard InChI is InChI=1S/C21H20O6/c1-3-14-4-6-16(7-5-14)25-12-20(24)26-11-15-10-19(23)27-21-13(2)18(22)9-8-17(15)21/h4-10,22H,3,11-12H2,1-2H3. The van der Waals surface area contributed by atoms with Gasteiger partial charge in [-0.05, 0) is 43.2 Å². The molecule has 6 nitrogen and oxygen atoms in total. The molecule has 3 aromatic rings. The lowest BCUT2D eigenvalue weighted by molar-refractivity contribution is -0.147. The van der Waals surface area contributed by atoms with Crippen LogP contribution in [0.15, 0.2) is 51.7 Å². The number of phenols is 1. The van der Waals surface area contributed by atoms with E-state index in [0.29, 0.717) is 22.3 Å². The van der Waals surface area contributed by atoms with Gasteiger partial charge >= 0.3 is 11.6 Å². The van der Waals surface area contributed by atoms with E-state index < -0.39 is 11.6 Å². The van der Waals surface area contributed by atoms with Gasteiger partial charge in [0.25, 0.3) is 0 Å². The molecular formula is C21H20O6. The molecule has 0 saturated heterocycles. The summed E-state index contributed by atoms with van der Waals surface area (Å²) < 4.78 is 15.8. The largest absolute Gasteiger partial charge is 0.508 e. The average Bonchev–Trinajstić information content (AvgIpc) is 2.68. The summed E-state index contributed by atoms with van der Waals surface area (Å²) in [5.74, 6) is 0.0646. The summed E-state index contributed by atoms with van der Waals surface area (Å²) in [4.78, 5) is 23.7. The van der Waals surface area contributed by atoms with E-state index in [1.54, 1.807) is 25.1 Å². The van der Waals surface area contributed by atoms with Crippen LogP contribution in [0.2, 0.25) is 0 Å². The lowest BCUT2D eigenvalue weighted by Crippen LogP contribution is -2.15. The minimum atomic E-state index is -0.575. The van der Waals surface area contributed by atoms with Crippen molar-refractivity contribution in [3.05, 3.63) is 69.6 Å². The predicted molar refractivity (Wildman–Crippen MR) is 100.0 cm³/mol. The number of ether oxygens (including phenoxy) is 2. The molecule has 0 radical (unpaired) electrons. The lowest BCUT2D eigenvalue weighted by atomic mass is 10.1. The number of hydrogen-bond acceptors (Lipinski definition) is 6. The van der Waals surface area contributed by atoms with Gasteiger partial charge in [-0.2, -0.15) is 0 Å². The van der Waals surface area contributed by atoms with Crippen molar-refractivity contribution < 1.29 is 23.8 Å². The number of aromatic hydroxyl groups is 1. The van der Waals surface area contributed by atoms with Crippen molar-refractivity contribution in [1.82, 2.24) is 0 Å². The van der Waals surface area contributed by atoms with Crippen LogP contribution < -0.4 is 10.4 Å². The third-order valence-electron chi connectivity index (χ3n) is 4.29. The van der Waals surface area contributed by atoms with Crippen molar-refractivity contribution in [1.29, 1.82) is 0 Å². The smallest absolute Gasteiger partial charge is 0.344 e. The second-order valence-corrected chi connectivity index (χ2v) is 6.12. The molecule has 6 heteroatoms. The highest BCUT2D eigenvalue weighted by Gasteiger charge is 2.13. The van der Waals surface area contributed by atoms with Gasteiger partial charge in [-0.25, -0.2) is 9.59 Å². The Morgan fingerprint density at radius 2 is 1.89 bits per heavy atom. The van der Waals surface area contributed by atoms with Crippen LogP contribution in [0.25, 0.3) is 11.0 Å². The molecule has 0 bridgehead atoms. The van der Waals surface area contributed by atoms with Gasteiger partial charge in [0.05, 0.1) is 0 Å². The Bertz CT molecular complexity index is 1020. The summed E-state index contributed by atoms with van der Waals surface area (Å²) in [5, 5.41) is 10.4. The number of rotatable bonds is 6. The zero-order chi connectivity index (χ0) is 19.4. The van der Waals surface area contributed by atoms with Crippen molar-refractivity contribution in [3.8, 4) is 11.5 Å². The Hall–Kier alpha value is -3.28. The van der Waals surface area contributed by atoms with Crippen molar-refractivity contribution in [2.75, 3.05) is 6.61 Å². The molecule has 0 saturated carbocycles. The molecule has 0 atom stereocenters. The number of fused-ring (bicyclic) bond motifs is 1. The van der Waals surface area contributed by atoms with E-state index in [4.69, 9.17) is 13.9 Å². The molecule has 140 valence electrons. The lowest BCUT2D eigenvalue weighted by Gasteiger charge is -2.10. The number of phenolic OH excluding ortho intramolecular Hbond substituents is 1. The molecule has 1 aromatic heterocycles. The molecule has 0 aliphatic carbocycles. The molecule has 2 aromatic carbocycles. The summed E-state index contributed by atoms with van der Waals surface area (Å²) in [6.45, 7) is 3.38. The molecule has 0 aliphatic rings. The number of esters is 1. The quantitative estimate of drug-likeness (QED) is 0.529. The van der Waals surface area contributed by atoms with Crippen molar-refractivity contribution in [2.24, 2.45) is 0 Å². The Morgan fingerprint density at radius 1 is 1.15 bits per heavy atom. The van der Waals surface area contributed by atoms with E-state index in [9.17, 15) is 14.7 Å². The Morgan fingerprint density at radius 3 is 2.59 bits per heavy atom. The topological polar surface area (TPSA) is 86.0 Å². The molecular weight excluding hydrogens is 348 g/mol. The highest BCUT2D eigenvalue weighted by atomic mass is 16.6. The van der Waals surface area contributed by atoms with E-state index in [1.807, 2.05) is 12.1 Å². The summed E-state index contributed by atoms with van der Waals surface area (Å²) in [6, 6.07) is 11.9. The number of carbonyl (C=O) groups is 1. The SMILES string of the molecule is CCc1ccc(OCC(=O)OCc2cc(=O)oc3c(C)c(O)ccc23)cc1. The predicted octanol–water partition coefficient (Wildman–Crippen LogP) is 3.49. The van der Waals surface area contributed by atoms with Crippen LogP contribution in [0.4, 0.5) is 0 Å². The normalized spacial score (nSPS) is 10.7. The number of aryl methyl sites for hydroxylation is 2. The van der Waals surface area contributed by atoms with Gasteiger partial charge in [0, 0.05) is 22.6 Å². The first-order valence-electron chi connectivity index (χ1n) is 8.60. The summed E-state index contributed by atoms with van der Waals surface area (Å²) in [5.41, 5.74) is 1.85. The maximum absolute atomic E-state index is 12.0. The van der Waals surface area contributed by atoms with Gasteiger partial charge in [-0.3, -0.25) is 0 Å². The fraction of sp³-hybridized carbons (Fsp3) is 0.238. The van der Waals surface area contributed by atoms with Gasteiger partial charge < -0.3 is 19.0 Å². The maximum atomic E-state index is 12.0. The molecule has 27 heavy (non-hydrogen) atoms. The molecule has 0 aliphatic heterocycles. The van der Waals surface area contributed by atoms with E-state index in [-0.39, 0.29) is 24.5 Å². The van der Waals surface area contributed by atoms with Crippen LogP contribution in [0.5, 0.6) is 11.5 Å². The Kier molecular flexibility index (Phi) is 5.45. The first-order valence-corrected chi connectivity index (χ1v) is 8.60. The summed E-state index contributed by atoms with van der Waals surface area (Å²) in [7, 11) is 0. The zero-order valence-corrected chi connectivity index (χ0v) is 15.2. The Labute approximate surface area is 156 Å². The van der Waals surface area contributed by atoms with Crippen molar-refractivity contribution >= 4 is 16.9 Å². The van der Waals surface area contributed by atoms with Crippen LogP contribution in [0, 0.1) is 6.92 Å². The number of hydrogen-bond donors (Lipinski definition) is 1. The summed E-state index contributed by atoms with van der Waals surface area (Å²) in [6.07, 6.45) is 0.929. The third kappa shape index (κ3) is 4.28. The molecule has 1 heterocycles. The fourth-order valence-electron chi connectivity index (χ4n) is 2.70. The second-order valence-electron chi connectivity index (χ2n) is 6.12. The van der Waals surface area contributed by atoms with Crippen molar-refractivity contribution in [2.45, 2.75) is 26.9 Å². The maximum Gasteiger partial charge on any atom is 0.344 e. The van der Waals surface area contributed by atoms with Gasteiger partial charge in [-0.1, -0.05) is 19.1 Å². The highest BCUT2D eigenvalue weighted by Crippen LogP contribution is 2.27. The first kappa shape index (κ1) is 18.5. The number of carbonyl (C=O) groups excluding carboxylic acids is 1. The van der Waals surface area contributed by atoms with Crippen LogP contribution in [0.1, 0.15) is 23.6 Å². The molecule has 0 fully saturated rings. The monoisotopic (exact) mass is 368 g/mol. The number of benzene rings is 2. The molecule has 3 rings (SSSR count). The highest BCUT2D eigenvalue weighted by molar-refractivity contribution is 5.85. The van der Waals surface area contributed by atoms with Crippen LogP contribution in [-0.4, -0.2) is 17.7 Å². The zero-order valence-electron chi connectivity index (χ0n) is 15.2. The van der Waals surface area contributed by atoms with E-state index >= 15 is 0 Å². The minimum Gasteiger partial charge on any atom is -0.508 e. The van der Waals surface area contributed by atoms with E-state index in [2.05, 4.69) is 6.92 Å². The van der Waals surface area contributed by atoms with Crippen LogP contribution in [0.3, 0.4) is 0 Å². The van der Waals surface area contributed by atoms with Crippen LogP contribution >= 0.6 is 0 Å². The molecule has 1 N–H and O–H groups in total. The van der Waals surface area contributed by atoms with E-state index in [1.165, 1.54) is 17.7 Å².